The van der Waals surface area contributed by atoms with Crippen molar-refractivity contribution in [2.75, 3.05) is 6.54 Å². The van der Waals surface area contributed by atoms with Gasteiger partial charge in [-0.05, 0) is 24.7 Å². The normalized spacial score (nSPS) is 45.1. The van der Waals surface area contributed by atoms with Gasteiger partial charge in [-0.2, -0.15) is 0 Å². The highest BCUT2D eigenvalue weighted by Crippen LogP contribution is 2.58. The molecule has 0 radical (unpaired) electrons. The minimum absolute atomic E-state index is 0.323. The van der Waals surface area contributed by atoms with Crippen molar-refractivity contribution in [3.8, 4) is 0 Å². The Morgan fingerprint density at radius 2 is 2.33 bits per heavy atom. The molecule has 3 heteroatoms. The van der Waals surface area contributed by atoms with Gasteiger partial charge in [-0.1, -0.05) is 12.8 Å². The number of hydrogen-bond donors (Lipinski definition) is 2. The van der Waals surface area contributed by atoms with Crippen molar-refractivity contribution < 1.29 is 9.90 Å². The highest BCUT2D eigenvalue weighted by Gasteiger charge is 2.59. The van der Waals surface area contributed by atoms with E-state index in [1.54, 1.807) is 0 Å². The third-order valence-corrected chi connectivity index (χ3v) is 3.79. The van der Waals surface area contributed by atoms with E-state index in [0.29, 0.717) is 18.4 Å². The smallest absolute Gasteiger partial charge is 0.311 e. The fraction of sp³-hybridized carbons (Fsp3) is 0.889. The highest BCUT2D eigenvalue weighted by molar-refractivity contribution is 5.77. The second-order valence-corrected chi connectivity index (χ2v) is 4.17. The average Bonchev–Trinajstić information content (AvgIpc) is 2.34. The summed E-state index contributed by atoms with van der Waals surface area (Å²) in [7, 11) is 0. The summed E-state index contributed by atoms with van der Waals surface area (Å²) in [4.78, 5) is 11.0. The number of nitrogens with two attached hydrogens (primary N) is 1. The first-order chi connectivity index (χ1) is 5.70. The highest BCUT2D eigenvalue weighted by atomic mass is 16.4. The molecule has 0 unspecified atom stereocenters. The SMILES string of the molecule is NC[C@@]1(C(=O)O)C[C@H]2CCC[C@H]21. The van der Waals surface area contributed by atoms with Crippen LogP contribution in [0.15, 0.2) is 0 Å². The molecule has 2 aliphatic rings. The van der Waals surface area contributed by atoms with Crippen LogP contribution in [-0.4, -0.2) is 17.6 Å². The molecule has 3 N–H and O–H groups in total. The zero-order chi connectivity index (χ0) is 8.77. The molecular weight excluding hydrogens is 154 g/mol. The van der Waals surface area contributed by atoms with Crippen LogP contribution in [0.2, 0.25) is 0 Å². The van der Waals surface area contributed by atoms with E-state index in [0.717, 1.165) is 12.8 Å². The molecule has 0 aromatic heterocycles. The Kier molecular flexibility index (Phi) is 1.65. The molecule has 12 heavy (non-hydrogen) atoms. The molecular formula is C9H15NO2. The van der Waals surface area contributed by atoms with Gasteiger partial charge in [-0.25, -0.2) is 0 Å². The standard InChI is InChI=1S/C9H15NO2/c10-5-9(8(11)12)4-6-2-1-3-7(6)9/h6-7H,1-5,10H2,(H,11,12)/t6-,7-,9+/m1/s1. The molecule has 0 aromatic rings. The first-order valence-corrected chi connectivity index (χ1v) is 4.64. The fourth-order valence-electron chi connectivity index (χ4n) is 3.04. The summed E-state index contributed by atoms with van der Waals surface area (Å²) in [6.45, 7) is 0.323. The number of hydrogen-bond acceptors (Lipinski definition) is 2. The van der Waals surface area contributed by atoms with Crippen molar-refractivity contribution in [2.24, 2.45) is 23.0 Å². The molecule has 0 aromatic carbocycles. The Bertz CT molecular complexity index is 217. The van der Waals surface area contributed by atoms with Crippen LogP contribution in [0.3, 0.4) is 0 Å². The maximum absolute atomic E-state index is 11.0. The Morgan fingerprint density at radius 1 is 1.58 bits per heavy atom. The predicted octanol–water partition coefficient (Wildman–Crippen LogP) is 0.836. The van der Waals surface area contributed by atoms with Gasteiger partial charge in [0.15, 0.2) is 0 Å². The van der Waals surface area contributed by atoms with Crippen molar-refractivity contribution in [3.63, 3.8) is 0 Å². The first-order valence-electron chi connectivity index (χ1n) is 4.64. The summed E-state index contributed by atoms with van der Waals surface area (Å²) < 4.78 is 0. The van der Waals surface area contributed by atoms with E-state index in [4.69, 9.17) is 10.8 Å². The van der Waals surface area contributed by atoms with Crippen LogP contribution in [0.4, 0.5) is 0 Å². The Hall–Kier alpha value is -0.570. The molecule has 2 aliphatic carbocycles. The number of aliphatic carboxylic acids is 1. The van der Waals surface area contributed by atoms with Crippen molar-refractivity contribution in [1.82, 2.24) is 0 Å². The second-order valence-electron chi connectivity index (χ2n) is 4.17. The molecule has 0 bridgehead atoms. The van der Waals surface area contributed by atoms with Gasteiger partial charge in [0.1, 0.15) is 0 Å². The van der Waals surface area contributed by atoms with E-state index in [1.165, 1.54) is 12.8 Å². The lowest BCUT2D eigenvalue weighted by molar-refractivity contribution is -0.164. The first kappa shape index (κ1) is 8.05. The summed E-state index contributed by atoms with van der Waals surface area (Å²) in [5, 5.41) is 9.05. The lowest BCUT2D eigenvalue weighted by atomic mass is 9.55. The fourth-order valence-corrected chi connectivity index (χ4v) is 3.04. The van der Waals surface area contributed by atoms with Crippen LogP contribution >= 0.6 is 0 Å². The van der Waals surface area contributed by atoms with Gasteiger partial charge in [0, 0.05) is 6.54 Å². The van der Waals surface area contributed by atoms with Crippen LogP contribution in [0, 0.1) is 17.3 Å². The van der Waals surface area contributed by atoms with Gasteiger partial charge in [0.2, 0.25) is 0 Å². The lowest BCUT2D eigenvalue weighted by Crippen LogP contribution is -2.55. The zero-order valence-corrected chi connectivity index (χ0v) is 7.12. The molecule has 0 amide bonds. The van der Waals surface area contributed by atoms with Crippen LogP contribution < -0.4 is 5.73 Å². The van der Waals surface area contributed by atoms with E-state index < -0.39 is 11.4 Å². The molecule has 0 heterocycles. The Labute approximate surface area is 71.9 Å². The quantitative estimate of drug-likeness (QED) is 0.643. The van der Waals surface area contributed by atoms with Crippen LogP contribution in [0.25, 0.3) is 0 Å². The third-order valence-electron chi connectivity index (χ3n) is 3.79. The number of rotatable bonds is 2. The minimum Gasteiger partial charge on any atom is -0.481 e. The number of carboxylic acids is 1. The van der Waals surface area contributed by atoms with Gasteiger partial charge in [0.05, 0.1) is 5.41 Å². The summed E-state index contributed by atoms with van der Waals surface area (Å²) in [6, 6.07) is 0. The number of fused-ring (bicyclic) bond motifs is 1. The van der Waals surface area contributed by atoms with E-state index in [2.05, 4.69) is 0 Å². The lowest BCUT2D eigenvalue weighted by Gasteiger charge is -2.48. The molecule has 0 saturated heterocycles. The van der Waals surface area contributed by atoms with Crippen LogP contribution in [-0.2, 0) is 4.79 Å². The number of carboxylic acid groups (broad SMARTS) is 1. The maximum Gasteiger partial charge on any atom is 0.311 e. The van der Waals surface area contributed by atoms with E-state index >= 15 is 0 Å². The predicted molar refractivity (Wildman–Crippen MR) is 44.6 cm³/mol. The molecule has 3 atom stereocenters. The van der Waals surface area contributed by atoms with E-state index in [1.807, 2.05) is 0 Å². The van der Waals surface area contributed by atoms with Crippen LogP contribution in [0.5, 0.6) is 0 Å². The van der Waals surface area contributed by atoms with E-state index in [-0.39, 0.29) is 0 Å². The average molecular weight is 169 g/mol. The summed E-state index contributed by atoms with van der Waals surface area (Å²) in [5.74, 6) is 0.387. The van der Waals surface area contributed by atoms with Crippen molar-refractivity contribution in [1.29, 1.82) is 0 Å². The summed E-state index contributed by atoms with van der Waals surface area (Å²) in [5.41, 5.74) is 5.00. The molecule has 0 spiro atoms. The Balaban J connectivity index is 2.16. The van der Waals surface area contributed by atoms with Crippen molar-refractivity contribution >= 4 is 5.97 Å². The van der Waals surface area contributed by atoms with Gasteiger partial charge in [0.25, 0.3) is 0 Å². The molecule has 2 saturated carbocycles. The molecule has 2 fully saturated rings. The molecule has 0 aliphatic heterocycles. The zero-order valence-electron chi connectivity index (χ0n) is 7.12. The van der Waals surface area contributed by atoms with Crippen molar-refractivity contribution in [3.05, 3.63) is 0 Å². The third kappa shape index (κ3) is 0.774. The summed E-state index contributed by atoms with van der Waals surface area (Å²) >= 11 is 0. The van der Waals surface area contributed by atoms with Gasteiger partial charge >= 0.3 is 5.97 Å². The monoisotopic (exact) mass is 169 g/mol. The Morgan fingerprint density at radius 3 is 2.83 bits per heavy atom. The molecule has 2 rings (SSSR count). The molecule has 68 valence electrons. The van der Waals surface area contributed by atoms with Crippen molar-refractivity contribution in [2.45, 2.75) is 25.7 Å². The van der Waals surface area contributed by atoms with Gasteiger partial charge < -0.3 is 10.8 Å². The van der Waals surface area contributed by atoms with Crippen LogP contribution in [0.1, 0.15) is 25.7 Å². The van der Waals surface area contributed by atoms with Gasteiger partial charge in [-0.15, -0.1) is 0 Å². The second kappa shape index (κ2) is 2.46. The number of carbonyl (C=O) groups is 1. The van der Waals surface area contributed by atoms with E-state index in [9.17, 15) is 4.79 Å². The molecule has 3 nitrogen and oxygen atoms in total. The maximum atomic E-state index is 11.0. The summed E-state index contributed by atoms with van der Waals surface area (Å²) in [6.07, 6.45) is 4.32. The topological polar surface area (TPSA) is 63.3 Å². The largest absolute Gasteiger partial charge is 0.481 e. The minimum atomic E-state index is -0.673. The van der Waals surface area contributed by atoms with Gasteiger partial charge in [-0.3, -0.25) is 4.79 Å².